The monoisotopic (exact) mass is 346 g/mol. The molecule has 2 N–H and O–H groups in total. The Hall–Kier alpha value is -1.59. The van der Waals surface area contributed by atoms with Crippen LogP contribution in [0.15, 0.2) is 24.3 Å². The van der Waals surface area contributed by atoms with Gasteiger partial charge in [0.25, 0.3) is 0 Å². The van der Waals surface area contributed by atoms with E-state index in [1.165, 1.54) is 0 Å². The lowest BCUT2D eigenvalue weighted by Gasteiger charge is -2.30. The molecule has 3 atom stereocenters. The molecule has 1 aromatic rings. The third-order valence-electron chi connectivity index (χ3n) is 5.59. The summed E-state index contributed by atoms with van der Waals surface area (Å²) in [6.07, 6.45) is 5.37. The number of nitrogens with two attached hydrogens (primary N) is 1. The molecule has 1 saturated heterocycles. The van der Waals surface area contributed by atoms with Crippen LogP contribution in [0.4, 0.5) is 0 Å². The Morgan fingerprint density at radius 2 is 2.12 bits per heavy atom. The van der Waals surface area contributed by atoms with E-state index in [0.29, 0.717) is 25.6 Å². The average molecular weight is 346 g/mol. The molecular formula is C20H30N2O3. The van der Waals surface area contributed by atoms with Crippen molar-refractivity contribution in [1.29, 1.82) is 0 Å². The van der Waals surface area contributed by atoms with Gasteiger partial charge in [0.15, 0.2) is 0 Å². The average Bonchev–Trinajstić information content (AvgIpc) is 3.32. The Balaban J connectivity index is 1.77. The van der Waals surface area contributed by atoms with Crippen LogP contribution in [0.1, 0.15) is 37.7 Å². The first-order valence-corrected chi connectivity index (χ1v) is 9.45. The quantitative estimate of drug-likeness (QED) is 0.824. The van der Waals surface area contributed by atoms with Crippen molar-refractivity contribution < 1.29 is 14.3 Å². The highest BCUT2D eigenvalue weighted by Crippen LogP contribution is 2.33. The van der Waals surface area contributed by atoms with Crippen LogP contribution < -0.4 is 10.5 Å². The van der Waals surface area contributed by atoms with Crippen LogP contribution in [-0.4, -0.2) is 43.7 Å². The summed E-state index contributed by atoms with van der Waals surface area (Å²) in [4.78, 5) is 15.3. The van der Waals surface area contributed by atoms with E-state index in [4.69, 9.17) is 15.2 Å². The predicted octanol–water partition coefficient (Wildman–Crippen LogP) is 2.58. The van der Waals surface area contributed by atoms with Crippen molar-refractivity contribution in [3.8, 4) is 5.75 Å². The van der Waals surface area contributed by atoms with Crippen LogP contribution in [0.2, 0.25) is 0 Å². The molecule has 1 amide bonds. The summed E-state index contributed by atoms with van der Waals surface area (Å²) in [6.45, 7) is 2.62. The Morgan fingerprint density at radius 3 is 2.84 bits per heavy atom. The number of carbonyl (C=O) groups is 1. The van der Waals surface area contributed by atoms with E-state index in [1.54, 1.807) is 7.11 Å². The van der Waals surface area contributed by atoms with Gasteiger partial charge >= 0.3 is 0 Å². The number of amides is 1. The Labute approximate surface area is 150 Å². The third kappa shape index (κ3) is 4.33. The number of hydrogen-bond donors (Lipinski definition) is 1. The molecule has 25 heavy (non-hydrogen) atoms. The fourth-order valence-corrected chi connectivity index (χ4v) is 4.18. The van der Waals surface area contributed by atoms with Gasteiger partial charge in [0.2, 0.25) is 5.91 Å². The molecule has 1 saturated carbocycles. The second kappa shape index (κ2) is 8.68. The van der Waals surface area contributed by atoms with Gasteiger partial charge in [-0.2, -0.15) is 0 Å². The third-order valence-corrected chi connectivity index (χ3v) is 5.59. The summed E-state index contributed by atoms with van der Waals surface area (Å²) >= 11 is 0. The molecule has 5 heteroatoms. The highest BCUT2D eigenvalue weighted by atomic mass is 16.5. The van der Waals surface area contributed by atoms with E-state index < -0.39 is 0 Å². The van der Waals surface area contributed by atoms with E-state index >= 15 is 0 Å². The van der Waals surface area contributed by atoms with Crippen LogP contribution in [0.5, 0.6) is 5.75 Å². The topological polar surface area (TPSA) is 64.8 Å². The number of rotatable bonds is 7. The van der Waals surface area contributed by atoms with Gasteiger partial charge in [0.1, 0.15) is 5.75 Å². The smallest absolute Gasteiger partial charge is 0.226 e. The number of benzene rings is 1. The van der Waals surface area contributed by atoms with Crippen molar-refractivity contribution in [3.63, 3.8) is 0 Å². The second-order valence-electron chi connectivity index (χ2n) is 7.20. The van der Waals surface area contributed by atoms with E-state index in [0.717, 1.165) is 50.0 Å². The molecule has 0 bridgehead atoms. The Kier molecular flexibility index (Phi) is 6.32. The summed E-state index contributed by atoms with van der Waals surface area (Å²) in [6, 6.07) is 7.92. The van der Waals surface area contributed by atoms with Crippen molar-refractivity contribution in [3.05, 3.63) is 29.8 Å². The summed E-state index contributed by atoms with van der Waals surface area (Å²) in [5, 5.41) is 0. The highest BCUT2D eigenvalue weighted by Gasteiger charge is 2.36. The van der Waals surface area contributed by atoms with E-state index in [9.17, 15) is 4.79 Å². The minimum Gasteiger partial charge on any atom is -0.496 e. The van der Waals surface area contributed by atoms with Gasteiger partial charge in [-0.25, -0.2) is 0 Å². The highest BCUT2D eigenvalue weighted by molar-refractivity contribution is 5.79. The molecule has 3 rings (SSSR count). The van der Waals surface area contributed by atoms with Crippen LogP contribution in [-0.2, 0) is 16.1 Å². The van der Waals surface area contributed by atoms with Gasteiger partial charge in [-0.05, 0) is 44.2 Å². The molecule has 0 spiro atoms. The number of nitrogens with zero attached hydrogens (tertiary/aromatic N) is 1. The maximum Gasteiger partial charge on any atom is 0.226 e. The molecule has 0 aromatic heterocycles. The van der Waals surface area contributed by atoms with Crippen molar-refractivity contribution in [1.82, 2.24) is 4.90 Å². The van der Waals surface area contributed by atoms with Gasteiger partial charge < -0.3 is 20.1 Å². The number of carbonyl (C=O) groups excluding carboxylic acids is 1. The van der Waals surface area contributed by atoms with Crippen LogP contribution in [0.25, 0.3) is 0 Å². The number of para-hydroxylation sites is 1. The summed E-state index contributed by atoms with van der Waals surface area (Å²) in [5.74, 6) is 1.43. The number of hydrogen-bond acceptors (Lipinski definition) is 4. The molecule has 0 radical (unpaired) electrons. The maximum absolute atomic E-state index is 13.3. The lowest BCUT2D eigenvalue weighted by molar-refractivity contribution is -0.139. The van der Waals surface area contributed by atoms with Crippen molar-refractivity contribution >= 4 is 5.91 Å². The number of ether oxygens (including phenoxy) is 2. The van der Waals surface area contributed by atoms with E-state index in [-0.39, 0.29) is 17.9 Å². The molecule has 1 unspecified atom stereocenters. The first-order chi connectivity index (χ1) is 12.2. The van der Waals surface area contributed by atoms with E-state index in [1.807, 2.05) is 29.2 Å². The first kappa shape index (κ1) is 18.2. The van der Waals surface area contributed by atoms with Crippen molar-refractivity contribution in [2.75, 3.05) is 26.8 Å². The zero-order chi connectivity index (χ0) is 17.6. The molecule has 1 aromatic carbocycles. The van der Waals surface area contributed by atoms with Gasteiger partial charge in [0.05, 0.1) is 13.2 Å². The largest absolute Gasteiger partial charge is 0.496 e. The first-order valence-electron chi connectivity index (χ1n) is 9.45. The molecule has 5 nitrogen and oxygen atoms in total. The molecule has 2 fully saturated rings. The molecule has 1 aliphatic heterocycles. The van der Waals surface area contributed by atoms with Crippen LogP contribution >= 0.6 is 0 Å². The predicted molar refractivity (Wildman–Crippen MR) is 97.3 cm³/mol. The van der Waals surface area contributed by atoms with Crippen molar-refractivity contribution in [2.45, 2.75) is 44.8 Å². The van der Waals surface area contributed by atoms with Crippen LogP contribution in [0.3, 0.4) is 0 Å². The summed E-state index contributed by atoms with van der Waals surface area (Å²) in [7, 11) is 1.67. The zero-order valence-corrected chi connectivity index (χ0v) is 15.2. The second-order valence-corrected chi connectivity index (χ2v) is 7.20. The van der Waals surface area contributed by atoms with Gasteiger partial charge in [-0.1, -0.05) is 24.6 Å². The lowest BCUT2D eigenvalue weighted by atomic mass is 9.94. The van der Waals surface area contributed by atoms with Crippen LogP contribution in [0, 0.1) is 11.8 Å². The molecule has 1 aliphatic carbocycles. The molecule has 138 valence electrons. The summed E-state index contributed by atoms with van der Waals surface area (Å²) in [5.41, 5.74) is 6.95. The Bertz CT molecular complexity index is 572. The summed E-state index contributed by atoms with van der Waals surface area (Å²) < 4.78 is 11.3. The zero-order valence-electron chi connectivity index (χ0n) is 15.2. The molecular weight excluding hydrogens is 316 g/mol. The lowest BCUT2D eigenvalue weighted by Crippen LogP contribution is -2.42. The van der Waals surface area contributed by atoms with E-state index in [2.05, 4.69) is 0 Å². The fraction of sp³-hybridized carbons (Fsp3) is 0.650. The van der Waals surface area contributed by atoms with Gasteiger partial charge in [-0.15, -0.1) is 0 Å². The standard InChI is InChI=1S/C20H30N2O3/c1-24-19-10-3-2-6-16(19)13-22(14-17-8-5-11-25-17)20(23)18-9-4-7-15(18)12-21/h2-3,6,10,15,17-18H,4-5,7-9,11-14,21H2,1H3/t15-,17?,18-/m1/s1. The SMILES string of the molecule is COc1ccccc1CN(CC1CCCO1)C(=O)[C@@H]1CCC[C@@H]1CN. The number of methoxy groups -OCH3 is 1. The minimum absolute atomic E-state index is 0.0566. The minimum atomic E-state index is 0.0566. The maximum atomic E-state index is 13.3. The fourth-order valence-electron chi connectivity index (χ4n) is 4.18. The molecule has 2 aliphatic rings. The van der Waals surface area contributed by atoms with Gasteiger partial charge in [-0.3, -0.25) is 4.79 Å². The Morgan fingerprint density at radius 1 is 1.28 bits per heavy atom. The normalized spacial score (nSPS) is 25.9. The molecule has 1 heterocycles. The van der Waals surface area contributed by atoms with Crippen molar-refractivity contribution in [2.24, 2.45) is 17.6 Å². The van der Waals surface area contributed by atoms with Gasteiger partial charge in [0, 0.05) is 31.2 Å².